The Morgan fingerprint density at radius 3 is 2.27 bits per heavy atom. The lowest BCUT2D eigenvalue weighted by atomic mass is 9.96. The Morgan fingerprint density at radius 1 is 0.946 bits per heavy atom. The monoisotopic (exact) mass is 497 g/mol. The van der Waals surface area contributed by atoms with Crippen LogP contribution in [0.3, 0.4) is 0 Å². The summed E-state index contributed by atoms with van der Waals surface area (Å²) in [6.45, 7) is 4.25. The maximum atomic E-state index is 13.8. The molecule has 5 rings (SSSR count). The van der Waals surface area contributed by atoms with Gasteiger partial charge >= 0.3 is 5.97 Å². The maximum absolute atomic E-state index is 13.8. The van der Waals surface area contributed by atoms with Gasteiger partial charge in [0.2, 0.25) is 5.76 Å². The molecule has 1 amide bonds. The summed E-state index contributed by atoms with van der Waals surface area (Å²) in [5, 5.41) is 0.447. The molecule has 4 aromatic rings. The molecule has 0 aliphatic carbocycles. The number of benzene rings is 3. The van der Waals surface area contributed by atoms with E-state index in [0.29, 0.717) is 40.6 Å². The predicted octanol–water partition coefficient (Wildman–Crippen LogP) is 4.99. The first kappa shape index (κ1) is 24.3. The lowest BCUT2D eigenvalue weighted by Gasteiger charge is -2.25. The van der Waals surface area contributed by atoms with Crippen molar-refractivity contribution >= 4 is 22.8 Å². The van der Waals surface area contributed by atoms with E-state index >= 15 is 0 Å². The second kappa shape index (κ2) is 9.58. The lowest BCUT2D eigenvalue weighted by molar-refractivity contribution is 0.0600. The van der Waals surface area contributed by atoms with Crippen LogP contribution < -0.4 is 10.2 Å². The van der Waals surface area contributed by atoms with E-state index in [4.69, 9.17) is 13.9 Å². The minimum Gasteiger partial charge on any atom is -0.497 e. The van der Waals surface area contributed by atoms with Gasteiger partial charge in [0.05, 0.1) is 36.8 Å². The molecule has 1 aliphatic rings. The van der Waals surface area contributed by atoms with Gasteiger partial charge in [-0.05, 0) is 78.9 Å². The summed E-state index contributed by atoms with van der Waals surface area (Å²) < 4.78 is 16.1. The van der Waals surface area contributed by atoms with E-state index in [0.717, 1.165) is 22.4 Å². The molecular formula is C30H27NO6. The van der Waals surface area contributed by atoms with Crippen molar-refractivity contribution in [3.8, 4) is 5.75 Å². The topological polar surface area (TPSA) is 86.0 Å². The summed E-state index contributed by atoms with van der Waals surface area (Å²) in [5.74, 6) is 0.0338. The van der Waals surface area contributed by atoms with Crippen LogP contribution in [-0.4, -0.2) is 37.5 Å². The zero-order valence-corrected chi connectivity index (χ0v) is 21.2. The van der Waals surface area contributed by atoms with Gasteiger partial charge in [0, 0.05) is 6.54 Å². The smallest absolute Gasteiger partial charge is 0.337 e. The van der Waals surface area contributed by atoms with Crippen LogP contribution in [0, 0.1) is 13.8 Å². The zero-order chi connectivity index (χ0) is 26.3. The first-order valence-corrected chi connectivity index (χ1v) is 12.0. The Hall–Kier alpha value is -4.39. The van der Waals surface area contributed by atoms with Crippen LogP contribution >= 0.6 is 0 Å². The van der Waals surface area contributed by atoms with Crippen molar-refractivity contribution in [1.82, 2.24) is 4.90 Å². The number of rotatable bonds is 6. The summed E-state index contributed by atoms with van der Waals surface area (Å²) in [6.07, 6.45) is 0.576. The number of methoxy groups -OCH3 is 2. The largest absolute Gasteiger partial charge is 0.497 e. The van der Waals surface area contributed by atoms with E-state index in [-0.39, 0.29) is 17.1 Å². The van der Waals surface area contributed by atoms with E-state index in [2.05, 4.69) is 0 Å². The predicted molar refractivity (Wildman–Crippen MR) is 139 cm³/mol. The van der Waals surface area contributed by atoms with Crippen molar-refractivity contribution in [1.29, 1.82) is 0 Å². The molecule has 3 aromatic carbocycles. The number of carbonyl (C=O) groups is 2. The summed E-state index contributed by atoms with van der Waals surface area (Å²) in [6, 6.07) is 17.4. The minimum atomic E-state index is -0.644. The zero-order valence-electron chi connectivity index (χ0n) is 21.2. The SMILES string of the molecule is COC(=O)c1ccc([C@H]2c3c(oc4cc(C)c(C)cc4c3=O)C(=O)N2CCc2ccc(OC)cc2)cc1. The van der Waals surface area contributed by atoms with Crippen LogP contribution in [0.1, 0.15) is 54.8 Å². The third-order valence-corrected chi connectivity index (χ3v) is 7.03. The molecule has 0 spiro atoms. The Balaban J connectivity index is 1.61. The van der Waals surface area contributed by atoms with E-state index < -0.39 is 12.0 Å². The number of esters is 1. The Bertz CT molecular complexity index is 1570. The molecule has 0 fully saturated rings. The molecule has 7 nitrogen and oxygen atoms in total. The molecule has 1 atom stereocenters. The third-order valence-electron chi connectivity index (χ3n) is 7.03. The number of hydrogen-bond donors (Lipinski definition) is 0. The molecule has 0 N–H and O–H groups in total. The Kier molecular flexibility index (Phi) is 6.29. The fourth-order valence-electron chi connectivity index (χ4n) is 4.81. The number of aryl methyl sites for hydroxylation is 2. The van der Waals surface area contributed by atoms with Gasteiger partial charge in [0.25, 0.3) is 5.91 Å². The molecule has 7 heteroatoms. The fourth-order valence-corrected chi connectivity index (χ4v) is 4.81. The van der Waals surface area contributed by atoms with Crippen molar-refractivity contribution in [2.45, 2.75) is 26.3 Å². The van der Waals surface area contributed by atoms with Crippen molar-refractivity contribution < 1.29 is 23.5 Å². The van der Waals surface area contributed by atoms with Gasteiger partial charge in [0.1, 0.15) is 11.3 Å². The summed E-state index contributed by atoms with van der Waals surface area (Å²) in [7, 11) is 2.94. The highest BCUT2D eigenvalue weighted by atomic mass is 16.5. The molecule has 2 heterocycles. The van der Waals surface area contributed by atoms with E-state index in [9.17, 15) is 14.4 Å². The number of carbonyl (C=O) groups excluding carboxylic acids is 2. The lowest BCUT2D eigenvalue weighted by Crippen LogP contribution is -2.31. The normalized spacial score (nSPS) is 14.6. The standard InChI is InChI=1S/C30H27NO6/c1-17-15-23-24(16-18(17)2)37-28-25(27(23)32)26(20-7-9-21(10-8-20)30(34)36-4)31(29(28)33)14-13-19-5-11-22(35-3)12-6-19/h5-12,15-16,26H,13-14H2,1-4H3/t26-/m0/s1. The van der Waals surface area contributed by atoms with Gasteiger partial charge in [0.15, 0.2) is 5.43 Å². The molecule has 1 aliphatic heterocycles. The number of hydrogen-bond acceptors (Lipinski definition) is 6. The molecule has 37 heavy (non-hydrogen) atoms. The van der Waals surface area contributed by atoms with Crippen molar-refractivity contribution in [3.63, 3.8) is 0 Å². The fraction of sp³-hybridized carbons (Fsp3) is 0.233. The second-order valence-electron chi connectivity index (χ2n) is 9.22. The van der Waals surface area contributed by atoms with Crippen molar-refractivity contribution in [3.05, 3.63) is 110 Å². The Morgan fingerprint density at radius 2 is 1.62 bits per heavy atom. The summed E-state index contributed by atoms with van der Waals surface area (Å²) in [5.41, 5.74) is 4.58. The molecule has 0 saturated carbocycles. The van der Waals surface area contributed by atoms with Crippen LogP contribution in [0.2, 0.25) is 0 Å². The Labute approximate surface area is 214 Å². The van der Waals surface area contributed by atoms with Crippen LogP contribution in [0.25, 0.3) is 11.0 Å². The van der Waals surface area contributed by atoms with Gasteiger partial charge in [-0.15, -0.1) is 0 Å². The third kappa shape index (κ3) is 4.27. The van der Waals surface area contributed by atoms with Gasteiger partial charge in [-0.3, -0.25) is 9.59 Å². The highest BCUT2D eigenvalue weighted by Gasteiger charge is 2.42. The number of nitrogens with zero attached hydrogens (tertiary/aromatic N) is 1. The second-order valence-corrected chi connectivity index (χ2v) is 9.22. The highest BCUT2D eigenvalue weighted by molar-refractivity contribution is 5.99. The number of amides is 1. The molecule has 1 aromatic heterocycles. The molecule has 188 valence electrons. The van der Waals surface area contributed by atoms with E-state index in [1.54, 1.807) is 42.3 Å². The summed E-state index contributed by atoms with van der Waals surface area (Å²) in [4.78, 5) is 41.1. The minimum absolute atomic E-state index is 0.0672. The number of fused-ring (bicyclic) bond motifs is 2. The van der Waals surface area contributed by atoms with Crippen LogP contribution in [0.4, 0.5) is 0 Å². The quantitative estimate of drug-likeness (QED) is 0.349. The average molecular weight is 498 g/mol. The van der Waals surface area contributed by atoms with Gasteiger partial charge in [-0.1, -0.05) is 24.3 Å². The van der Waals surface area contributed by atoms with Gasteiger partial charge < -0.3 is 18.8 Å². The maximum Gasteiger partial charge on any atom is 0.337 e. The first-order chi connectivity index (χ1) is 17.8. The van der Waals surface area contributed by atoms with Crippen LogP contribution in [-0.2, 0) is 11.2 Å². The van der Waals surface area contributed by atoms with E-state index in [1.165, 1.54) is 7.11 Å². The number of ether oxygens (including phenoxy) is 2. The molecule has 0 radical (unpaired) electrons. The van der Waals surface area contributed by atoms with Crippen molar-refractivity contribution in [2.75, 3.05) is 20.8 Å². The summed E-state index contributed by atoms with van der Waals surface area (Å²) >= 11 is 0. The van der Waals surface area contributed by atoms with E-state index in [1.807, 2.05) is 44.2 Å². The van der Waals surface area contributed by atoms with Gasteiger partial charge in [-0.25, -0.2) is 4.79 Å². The van der Waals surface area contributed by atoms with Crippen LogP contribution in [0.5, 0.6) is 5.75 Å². The van der Waals surface area contributed by atoms with Crippen molar-refractivity contribution in [2.24, 2.45) is 0 Å². The molecule has 0 saturated heterocycles. The molecular weight excluding hydrogens is 470 g/mol. The average Bonchev–Trinajstić information content (AvgIpc) is 3.20. The molecule has 0 bridgehead atoms. The van der Waals surface area contributed by atoms with Crippen LogP contribution in [0.15, 0.2) is 69.9 Å². The highest BCUT2D eigenvalue weighted by Crippen LogP contribution is 2.38. The molecule has 0 unspecified atom stereocenters. The first-order valence-electron chi connectivity index (χ1n) is 12.0. The van der Waals surface area contributed by atoms with Gasteiger partial charge in [-0.2, -0.15) is 0 Å².